The van der Waals surface area contributed by atoms with Crippen molar-refractivity contribution in [2.45, 2.75) is 38.1 Å². The van der Waals surface area contributed by atoms with E-state index in [0.29, 0.717) is 0 Å². The third-order valence-corrected chi connectivity index (χ3v) is 5.28. The fraction of sp³-hybridized carbons (Fsp3) is 0.438. The van der Waals surface area contributed by atoms with Gasteiger partial charge in [-0.05, 0) is 43.7 Å². The molecule has 106 valence electrons. The fourth-order valence-electron chi connectivity index (χ4n) is 2.77. The van der Waals surface area contributed by atoms with Gasteiger partial charge in [0.25, 0.3) is 0 Å². The monoisotopic (exact) mass is 290 g/mol. The Morgan fingerprint density at radius 3 is 2.80 bits per heavy atom. The van der Waals surface area contributed by atoms with Crippen LogP contribution in [-0.2, 0) is 5.54 Å². The van der Waals surface area contributed by atoms with Gasteiger partial charge in [0.15, 0.2) is 0 Å². The first-order valence-electron chi connectivity index (χ1n) is 7.08. The molecule has 1 heterocycles. The van der Waals surface area contributed by atoms with Crippen LogP contribution in [0.3, 0.4) is 0 Å². The van der Waals surface area contributed by atoms with Crippen molar-refractivity contribution in [3.63, 3.8) is 0 Å². The van der Waals surface area contributed by atoms with E-state index in [1.807, 2.05) is 11.4 Å². The molecule has 3 rings (SSSR count). The maximum atomic E-state index is 13.3. The molecule has 2 aromatic rings. The Hall–Kier alpha value is -1.26. The van der Waals surface area contributed by atoms with Crippen LogP contribution in [0.5, 0.6) is 0 Å². The van der Waals surface area contributed by atoms with Crippen LogP contribution >= 0.6 is 11.3 Å². The Labute approximate surface area is 122 Å². The molecule has 0 spiro atoms. The van der Waals surface area contributed by atoms with Crippen molar-refractivity contribution in [2.75, 3.05) is 0 Å². The molecular weight excluding hydrogens is 271 g/mol. The first kappa shape index (κ1) is 13.7. The van der Waals surface area contributed by atoms with E-state index in [1.165, 1.54) is 12.1 Å². The van der Waals surface area contributed by atoms with E-state index in [0.717, 1.165) is 47.9 Å². The summed E-state index contributed by atoms with van der Waals surface area (Å²) < 4.78 is 13.3. The molecule has 1 fully saturated rings. The van der Waals surface area contributed by atoms with Gasteiger partial charge >= 0.3 is 0 Å². The van der Waals surface area contributed by atoms with Gasteiger partial charge in [-0.15, -0.1) is 11.3 Å². The third kappa shape index (κ3) is 2.63. The van der Waals surface area contributed by atoms with Gasteiger partial charge in [0, 0.05) is 10.9 Å². The Morgan fingerprint density at radius 1 is 1.35 bits per heavy atom. The van der Waals surface area contributed by atoms with Crippen molar-refractivity contribution < 1.29 is 4.39 Å². The standard InChI is InChI=1S/C16H19FN2S/c1-11-5-7-16(18,8-6-11)15-19-14(10-20-15)12-3-2-4-13(17)9-12/h2-4,9-11H,5-8,18H2,1H3. The van der Waals surface area contributed by atoms with Gasteiger partial charge in [0.05, 0.1) is 11.2 Å². The summed E-state index contributed by atoms with van der Waals surface area (Å²) in [7, 11) is 0. The summed E-state index contributed by atoms with van der Waals surface area (Å²) in [6.45, 7) is 2.28. The summed E-state index contributed by atoms with van der Waals surface area (Å²) in [6.07, 6.45) is 4.30. The molecule has 1 saturated carbocycles. The van der Waals surface area contributed by atoms with Crippen LogP contribution in [0.15, 0.2) is 29.6 Å². The first-order chi connectivity index (χ1) is 9.57. The van der Waals surface area contributed by atoms with Crippen LogP contribution in [0, 0.1) is 11.7 Å². The number of hydrogen-bond acceptors (Lipinski definition) is 3. The van der Waals surface area contributed by atoms with Gasteiger partial charge in [-0.1, -0.05) is 19.1 Å². The SMILES string of the molecule is CC1CCC(N)(c2nc(-c3cccc(F)c3)cs2)CC1. The highest BCUT2D eigenvalue weighted by Gasteiger charge is 2.34. The zero-order chi connectivity index (χ0) is 14.2. The summed E-state index contributed by atoms with van der Waals surface area (Å²) in [5.74, 6) is 0.528. The van der Waals surface area contributed by atoms with Crippen LogP contribution in [-0.4, -0.2) is 4.98 Å². The minimum atomic E-state index is -0.289. The van der Waals surface area contributed by atoms with Crippen molar-refractivity contribution in [2.24, 2.45) is 11.7 Å². The fourth-order valence-corrected chi connectivity index (χ4v) is 3.78. The number of rotatable bonds is 2. The normalized spacial score (nSPS) is 26.6. The molecule has 2 nitrogen and oxygen atoms in total. The molecule has 2 N–H and O–H groups in total. The lowest BCUT2D eigenvalue weighted by Gasteiger charge is -2.34. The minimum absolute atomic E-state index is 0.231. The van der Waals surface area contributed by atoms with Gasteiger partial charge in [0.2, 0.25) is 0 Å². The molecule has 4 heteroatoms. The van der Waals surface area contributed by atoms with Crippen LogP contribution in [0.4, 0.5) is 4.39 Å². The summed E-state index contributed by atoms with van der Waals surface area (Å²) in [6, 6.07) is 6.56. The largest absolute Gasteiger partial charge is 0.319 e. The number of benzene rings is 1. The van der Waals surface area contributed by atoms with Crippen LogP contribution in [0.1, 0.15) is 37.6 Å². The Bertz CT molecular complexity index is 600. The summed E-state index contributed by atoms with van der Waals surface area (Å²) >= 11 is 1.60. The van der Waals surface area contributed by atoms with E-state index in [2.05, 4.69) is 11.9 Å². The Kier molecular flexibility index (Phi) is 3.61. The number of hydrogen-bond donors (Lipinski definition) is 1. The third-order valence-electron chi connectivity index (χ3n) is 4.22. The van der Waals surface area contributed by atoms with Crippen molar-refractivity contribution in [1.29, 1.82) is 0 Å². The number of thiazole rings is 1. The van der Waals surface area contributed by atoms with E-state index in [1.54, 1.807) is 17.4 Å². The lowest BCUT2D eigenvalue weighted by atomic mass is 9.78. The zero-order valence-electron chi connectivity index (χ0n) is 11.6. The van der Waals surface area contributed by atoms with Gasteiger partial charge in [-0.3, -0.25) is 0 Å². The predicted octanol–water partition coefficient (Wildman–Crippen LogP) is 4.31. The highest BCUT2D eigenvalue weighted by molar-refractivity contribution is 7.10. The average Bonchev–Trinajstić information content (AvgIpc) is 2.93. The molecule has 20 heavy (non-hydrogen) atoms. The zero-order valence-corrected chi connectivity index (χ0v) is 12.4. The van der Waals surface area contributed by atoms with Crippen molar-refractivity contribution in [3.05, 3.63) is 40.5 Å². The molecule has 0 radical (unpaired) electrons. The molecule has 0 saturated heterocycles. The van der Waals surface area contributed by atoms with Gasteiger partial charge in [-0.25, -0.2) is 9.37 Å². The van der Waals surface area contributed by atoms with Crippen LogP contribution in [0.25, 0.3) is 11.3 Å². The van der Waals surface area contributed by atoms with E-state index < -0.39 is 0 Å². The van der Waals surface area contributed by atoms with Gasteiger partial charge < -0.3 is 5.73 Å². The summed E-state index contributed by atoms with van der Waals surface area (Å²) in [5.41, 5.74) is 7.90. The highest BCUT2D eigenvalue weighted by Crippen LogP contribution is 2.39. The summed E-state index contributed by atoms with van der Waals surface area (Å²) in [5, 5.41) is 2.97. The number of aromatic nitrogens is 1. The highest BCUT2D eigenvalue weighted by atomic mass is 32.1. The molecule has 1 aromatic heterocycles. The average molecular weight is 290 g/mol. The van der Waals surface area contributed by atoms with E-state index in [-0.39, 0.29) is 11.4 Å². The number of halogens is 1. The lowest BCUT2D eigenvalue weighted by molar-refractivity contribution is 0.247. The number of nitrogens with zero attached hydrogens (tertiary/aromatic N) is 1. The number of nitrogens with two attached hydrogens (primary N) is 1. The van der Waals surface area contributed by atoms with Gasteiger partial charge in [-0.2, -0.15) is 0 Å². The molecule has 1 aromatic carbocycles. The predicted molar refractivity (Wildman–Crippen MR) is 81.0 cm³/mol. The van der Waals surface area contributed by atoms with E-state index in [4.69, 9.17) is 5.73 Å². The minimum Gasteiger partial charge on any atom is -0.319 e. The Balaban J connectivity index is 1.87. The molecule has 1 aliphatic rings. The van der Waals surface area contributed by atoms with Crippen molar-refractivity contribution in [3.8, 4) is 11.3 Å². The maximum absolute atomic E-state index is 13.3. The molecule has 0 bridgehead atoms. The van der Waals surface area contributed by atoms with Crippen LogP contribution < -0.4 is 5.73 Å². The van der Waals surface area contributed by atoms with E-state index in [9.17, 15) is 4.39 Å². The topological polar surface area (TPSA) is 38.9 Å². The van der Waals surface area contributed by atoms with Crippen molar-refractivity contribution in [1.82, 2.24) is 4.98 Å². The first-order valence-corrected chi connectivity index (χ1v) is 7.96. The second-order valence-electron chi connectivity index (χ2n) is 5.89. The molecule has 0 aliphatic heterocycles. The molecule has 0 atom stereocenters. The Morgan fingerprint density at radius 2 is 2.10 bits per heavy atom. The lowest BCUT2D eigenvalue weighted by Crippen LogP contribution is -2.40. The van der Waals surface area contributed by atoms with Crippen LogP contribution in [0.2, 0.25) is 0 Å². The quantitative estimate of drug-likeness (QED) is 0.895. The summed E-state index contributed by atoms with van der Waals surface area (Å²) in [4.78, 5) is 4.67. The molecule has 0 amide bonds. The van der Waals surface area contributed by atoms with Crippen molar-refractivity contribution >= 4 is 11.3 Å². The molecule has 1 aliphatic carbocycles. The molecule has 0 unspecified atom stereocenters. The van der Waals surface area contributed by atoms with E-state index >= 15 is 0 Å². The molecular formula is C16H19FN2S. The smallest absolute Gasteiger partial charge is 0.123 e. The second kappa shape index (κ2) is 5.26. The second-order valence-corrected chi connectivity index (χ2v) is 6.75. The maximum Gasteiger partial charge on any atom is 0.123 e. The van der Waals surface area contributed by atoms with Gasteiger partial charge in [0.1, 0.15) is 10.8 Å².